The van der Waals surface area contributed by atoms with Crippen molar-refractivity contribution in [3.63, 3.8) is 0 Å². The van der Waals surface area contributed by atoms with Gasteiger partial charge < -0.3 is 5.32 Å². The Hall–Kier alpha value is -2.89. The Bertz CT molecular complexity index is 838. The average molecular weight is 338 g/mol. The summed E-state index contributed by atoms with van der Waals surface area (Å²) in [6.45, 7) is 4.47. The predicted octanol–water partition coefficient (Wildman–Crippen LogP) is 1.97. The third-order valence-corrected chi connectivity index (χ3v) is 4.25. The first-order valence-corrected chi connectivity index (χ1v) is 8.31. The predicted molar refractivity (Wildman–Crippen MR) is 97.1 cm³/mol. The first-order valence-electron chi connectivity index (χ1n) is 8.31. The van der Waals surface area contributed by atoms with E-state index >= 15 is 0 Å². The van der Waals surface area contributed by atoms with E-state index in [2.05, 4.69) is 10.4 Å². The second-order valence-electron chi connectivity index (χ2n) is 6.35. The van der Waals surface area contributed by atoms with Crippen LogP contribution in [0.4, 0.5) is 5.82 Å². The van der Waals surface area contributed by atoms with Crippen LogP contribution in [0.3, 0.4) is 0 Å². The van der Waals surface area contributed by atoms with E-state index in [1.807, 2.05) is 51.2 Å². The minimum Gasteiger partial charge on any atom is -0.341 e. The minimum atomic E-state index is -0.495. The highest BCUT2D eigenvalue weighted by molar-refractivity contribution is 6.02. The summed E-state index contributed by atoms with van der Waals surface area (Å²) in [5.41, 5.74) is 2.95. The van der Waals surface area contributed by atoms with Gasteiger partial charge in [0.2, 0.25) is 5.91 Å². The van der Waals surface area contributed by atoms with E-state index in [4.69, 9.17) is 0 Å². The fourth-order valence-electron chi connectivity index (χ4n) is 3.06. The highest BCUT2D eigenvalue weighted by atomic mass is 16.2. The van der Waals surface area contributed by atoms with Crippen LogP contribution in [-0.2, 0) is 16.6 Å². The molecule has 0 radical (unpaired) electrons. The van der Waals surface area contributed by atoms with Crippen molar-refractivity contribution in [3.05, 3.63) is 53.2 Å². The van der Waals surface area contributed by atoms with Gasteiger partial charge in [0.15, 0.2) is 0 Å². The van der Waals surface area contributed by atoms with Crippen LogP contribution in [0.25, 0.3) is 6.08 Å². The Morgan fingerprint density at radius 2 is 2.12 bits per heavy atom. The summed E-state index contributed by atoms with van der Waals surface area (Å²) in [4.78, 5) is 26.4. The van der Waals surface area contributed by atoms with Gasteiger partial charge in [-0.05, 0) is 31.9 Å². The van der Waals surface area contributed by atoms with Crippen molar-refractivity contribution in [3.8, 4) is 0 Å². The zero-order chi connectivity index (χ0) is 18.0. The highest BCUT2D eigenvalue weighted by Crippen LogP contribution is 2.22. The lowest BCUT2D eigenvalue weighted by Crippen LogP contribution is -2.41. The van der Waals surface area contributed by atoms with Gasteiger partial charge in [-0.3, -0.25) is 19.2 Å². The van der Waals surface area contributed by atoms with Crippen LogP contribution < -0.4 is 10.2 Å². The average Bonchev–Trinajstić information content (AvgIpc) is 3.08. The Morgan fingerprint density at radius 1 is 1.32 bits per heavy atom. The number of carbonyl (C=O) groups is 2. The van der Waals surface area contributed by atoms with Gasteiger partial charge in [0.25, 0.3) is 5.91 Å². The molecule has 1 aromatic heterocycles. The Balaban J connectivity index is 1.63. The number of rotatable bonds is 4. The molecule has 0 aliphatic carbocycles. The summed E-state index contributed by atoms with van der Waals surface area (Å²) < 4.78 is 1.69. The first-order chi connectivity index (χ1) is 11.9. The van der Waals surface area contributed by atoms with Gasteiger partial charge in [0.05, 0.1) is 5.69 Å². The SMILES string of the molecule is Cc1cccc(/C=C/C(=O)NC2CCN(c3cc(C)nn3C)C2=O)c1. The summed E-state index contributed by atoms with van der Waals surface area (Å²) >= 11 is 0. The van der Waals surface area contributed by atoms with E-state index in [0.29, 0.717) is 13.0 Å². The number of benzene rings is 1. The van der Waals surface area contributed by atoms with Crippen molar-refractivity contribution in [2.45, 2.75) is 26.3 Å². The fourth-order valence-corrected chi connectivity index (χ4v) is 3.06. The van der Waals surface area contributed by atoms with Gasteiger partial charge in [-0.15, -0.1) is 0 Å². The van der Waals surface area contributed by atoms with E-state index in [0.717, 1.165) is 22.6 Å². The molecular formula is C19H22N4O2. The number of aromatic nitrogens is 2. The Kier molecular flexibility index (Phi) is 4.70. The molecule has 1 N–H and O–H groups in total. The summed E-state index contributed by atoms with van der Waals surface area (Å²) in [7, 11) is 1.81. The molecule has 1 aliphatic heterocycles. The van der Waals surface area contributed by atoms with E-state index in [9.17, 15) is 9.59 Å². The largest absolute Gasteiger partial charge is 0.341 e. The third-order valence-electron chi connectivity index (χ3n) is 4.25. The number of nitrogens with one attached hydrogen (secondary N) is 1. The molecule has 1 saturated heterocycles. The minimum absolute atomic E-state index is 0.0969. The second kappa shape index (κ2) is 6.93. The summed E-state index contributed by atoms with van der Waals surface area (Å²) in [6.07, 6.45) is 3.82. The van der Waals surface area contributed by atoms with E-state index in [-0.39, 0.29) is 11.8 Å². The molecule has 6 nitrogen and oxygen atoms in total. The van der Waals surface area contributed by atoms with Crippen LogP contribution in [0.15, 0.2) is 36.4 Å². The van der Waals surface area contributed by atoms with Gasteiger partial charge in [0, 0.05) is 25.7 Å². The molecule has 1 aliphatic rings. The molecule has 2 heterocycles. The lowest BCUT2D eigenvalue weighted by molar-refractivity contribution is -0.123. The zero-order valence-electron chi connectivity index (χ0n) is 14.7. The van der Waals surface area contributed by atoms with Gasteiger partial charge in [0.1, 0.15) is 11.9 Å². The number of aryl methyl sites for hydroxylation is 3. The smallest absolute Gasteiger partial charge is 0.250 e. The maximum absolute atomic E-state index is 12.6. The molecule has 6 heteroatoms. The zero-order valence-corrected chi connectivity index (χ0v) is 14.7. The monoisotopic (exact) mass is 338 g/mol. The van der Waals surface area contributed by atoms with Crippen molar-refractivity contribution in [1.82, 2.24) is 15.1 Å². The van der Waals surface area contributed by atoms with Gasteiger partial charge in [-0.1, -0.05) is 29.8 Å². The molecular weight excluding hydrogens is 316 g/mol. The molecule has 2 amide bonds. The number of anilines is 1. The van der Waals surface area contributed by atoms with Gasteiger partial charge in [-0.2, -0.15) is 5.10 Å². The van der Waals surface area contributed by atoms with Gasteiger partial charge in [-0.25, -0.2) is 0 Å². The summed E-state index contributed by atoms with van der Waals surface area (Å²) in [5.74, 6) is 0.401. The number of hydrogen-bond acceptors (Lipinski definition) is 3. The fraction of sp³-hybridized carbons (Fsp3) is 0.316. The molecule has 0 saturated carbocycles. The highest BCUT2D eigenvalue weighted by Gasteiger charge is 2.34. The maximum atomic E-state index is 12.6. The second-order valence-corrected chi connectivity index (χ2v) is 6.35. The van der Waals surface area contributed by atoms with Crippen LogP contribution in [-0.4, -0.2) is 34.2 Å². The van der Waals surface area contributed by atoms with E-state index in [1.54, 1.807) is 15.7 Å². The third kappa shape index (κ3) is 3.79. The van der Waals surface area contributed by atoms with Crippen LogP contribution >= 0.6 is 0 Å². The maximum Gasteiger partial charge on any atom is 0.250 e. The Labute approximate surface area is 147 Å². The first kappa shape index (κ1) is 17.0. The number of hydrogen-bond donors (Lipinski definition) is 1. The van der Waals surface area contributed by atoms with Gasteiger partial charge >= 0.3 is 0 Å². The molecule has 3 rings (SSSR count). The molecule has 2 aromatic rings. The van der Waals surface area contributed by atoms with Crippen LogP contribution in [0.1, 0.15) is 23.2 Å². The number of carbonyl (C=O) groups excluding carboxylic acids is 2. The van der Waals surface area contributed by atoms with Crippen molar-refractivity contribution in [2.75, 3.05) is 11.4 Å². The molecule has 0 spiro atoms. The topological polar surface area (TPSA) is 67.2 Å². The van der Waals surface area contributed by atoms with Crippen molar-refractivity contribution in [1.29, 1.82) is 0 Å². The normalized spacial score (nSPS) is 17.5. The van der Waals surface area contributed by atoms with Crippen molar-refractivity contribution in [2.24, 2.45) is 7.05 Å². The Morgan fingerprint density at radius 3 is 2.80 bits per heavy atom. The molecule has 1 fully saturated rings. The lowest BCUT2D eigenvalue weighted by Gasteiger charge is -2.16. The molecule has 0 bridgehead atoms. The quantitative estimate of drug-likeness (QED) is 0.867. The summed E-state index contributed by atoms with van der Waals surface area (Å²) in [6, 6.07) is 9.26. The van der Waals surface area contributed by atoms with Crippen molar-refractivity contribution >= 4 is 23.7 Å². The lowest BCUT2D eigenvalue weighted by atomic mass is 10.1. The number of amides is 2. The molecule has 1 atom stereocenters. The van der Waals surface area contributed by atoms with Crippen molar-refractivity contribution < 1.29 is 9.59 Å². The number of nitrogens with zero attached hydrogens (tertiary/aromatic N) is 3. The molecule has 130 valence electrons. The van der Waals surface area contributed by atoms with E-state index < -0.39 is 6.04 Å². The summed E-state index contributed by atoms with van der Waals surface area (Å²) in [5, 5.41) is 7.06. The van der Waals surface area contributed by atoms with Crippen LogP contribution in [0.2, 0.25) is 0 Å². The van der Waals surface area contributed by atoms with Crippen LogP contribution in [0.5, 0.6) is 0 Å². The van der Waals surface area contributed by atoms with Crippen LogP contribution in [0, 0.1) is 13.8 Å². The molecule has 1 unspecified atom stereocenters. The molecule has 1 aromatic carbocycles. The standard InChI is InChI=1S/C19H22N4O2/c1-13-5-4-6-15(11-13)7-8-17(24)20-16-9-10-23(19(16)25)18-12-14(2)21-22(18)3/h4-8,11-12,16H,9-10H2,1-3H3,(H,20,24)/b8-7+. The molecule has 25 heavy (non-hydrogen) atoms. The van der Waals surface area contributed by atoms with E-state index in [1.165, 1.54) is 6.08 Å².